The molecule has 0 atom stereocenters. The first kappa shape index (κ1) is 21.5. The van der Waals surface area contributed by atoms with Gasteiger partial charge in [0.15, 0.2) is 5.96 Å². The van der Waals surface area contributed by atoms with Crippen LogP contribution in [0.25, 0.3) is 0 Å². The van der Waals surface area contributed by atoms with Crippen molar-refractivity contribution < 1.29 is 9.59 Å². The third kappa shape index (κ3) is 5.34. The van der Waals surface area contributed by atoms with E-state index in [1.807, 2.05) is 28.5 Å². The number of likely N-dealkylation sites (N-methyl/N-ethyl adjacent to an activating group) is 1. The maximum atomic E-state index is 12.6. The van der Waals surface area contributed by atoms with Crippen LogP contribution in [0.3, 0.4) is 0 Å². The molecule has 27 heavy (non-hydrogen) atoms. The predicted molar refractivity (Wildman–Crippen MR) is 108 cm³/mol. The highest BCUT2D eigenvalue weighted by Crippen LogP contribution is 2.24. The fraction of sp³-hybridized carbons (Fsp3) is 0.842. The van der Waals surface area contributed by atoms with Crippen LogP contribution in [0.2, 0.25) is 0 Å². The average molecular weight is 381 g/mol. The van der Waals surface area contributed by atoms with Crippen molar-refractivity contribution >= 4 is 17.8 Å². The van der Waals surface area contributed by atoms with Crippen molar-refractivity contribution in [2.45, 2.75) is 45.7 Å². The quantitative estimate of drug-likeness (QED) is 0.552. The van der Waals surface area contributed by atoms with Crippen molar-refractivity contribution in [3.05, 3.63) is 0 Å². The van der Waals surface area contributed by atoms with Gasteiger partial charge in [0.25, 0.3) is 0 Å². The number of amides is 2. The van der Waals surface area contributed by atoms with Gasteiger partial charge in [-0.15, -0.1) is 0 Å². The summed E-state index contributed by atoms with van der Waals surface area (Å²) in [4.78, 5) is 37.4. The molecule has 0 aromatic carbocycles. The van der Waals surface area contributed by atoms with E-state index in [-0.39, 0.29) is 23.4 Å². The molecule has 0 aromatic rings. The van der Waals surface area contributed by atoms with Gasteiger partial charge in [0, 0.05) is 58.8 Å². The smallest absolute Gasteiger partial charge is 0.242 e. The minimum absolute atomic E-state index is 0.109. The molecule has 0 unspecified atom stereocenters. The number of hydrogen-bond donors (Lipinski definition) is 1. The van der Waals surface area contributed by atoms with Crippen LogP contribution in [-0.2, 0) is 9.59 Å². The molecule has 2 aliphatic rings. The molecular weight excluding hydrogens is 344 g/mol. The summed E-state index contributed by atoms with van der Waals surface area (Å²) in [5, 5.41) is 3.27. The lowest BCUT2D eigenvalue weighted by molar-refractivity contribution is -0.145. The fourth-order valence-corrected chi connectivity index (χ4v) is 4.14. The van der Waals surface area contributed by atoms with Crippen LogP contribution in [0.15, 0.2) is 4.99 Å². The molecule has 0 aliphatic carbocycles. The van der Waals surface area contributed by atoms with Crippen LogP contribution in [0.4, 0.5) is 0 Å². The monoisotopic (exact) mass is 380 g/mol. The number of guanidine groups is 1. The SMILES string of the molecule is CN=C(NCCC(=O)N1CCN(C)CC1)N1CC(=O)N(C(C)C)C(C)(C)C1. The first-order chi connectivity index (χ1) is 12.7. The topological polar surface area (TPSA) is 71.5 Å². The third-order valence-corrected chi connectivity index (χ3v) is 5.33. The predicted octanol–water partition coefficient (Wildman–Crippen LogP) is 0.0571. The summed E-state index contributed by atoms with van der Waals surface area (Å²) in [5.74, 6) is 0.968. The van der Waals surface area contributed by atoms with Gasteiger partial charge in [0.2, 0.25) is 11.8 Å². The second-order valence-corrected chi connectivity index (χ2v) is 8.43. The van der Waals surface area contributed by atoms with Crippen molar-refractivity contribution in [2.24, 2.45) is 4.99 Å². The largest absolute Gasteiger partial charge is 0.356 e. The number of rotatable bonds is 4. The Morgan fingerprint density at radius 3 is 2.33 bits per heavy atom. The van der Waals surface area contributed by atoms with Gasteiger partial charge in [-0.25, -0.2) is 0 Å². The number of piperazine rings is 2. The summed E-state index contributed by atoms with van der Waals surface area (Å²) < 4.78 is 0. The second kappa shape index (κ2) is 8.91. The van der Waals surface area contributed by atoms with Gasteiger partial charge in [0.05, 0.1) is 12.1 Å². The van der Waals surface area contributed by atoms with Crippen molar-refractivity contribution in [1.82, 2.24) is 24.9 Å². The normalized spacial score (nSPS) is 21.8. The Balaban J connectivity index is 1.87. The van der Waals surface area contributed by atoms with Crippen molar-refractivity contribution in [2.75, 3.05) is 59.9 Å². The molecule has 2 aliphatic heterocycles. The van der Waals surface area contributed by atoms with Crippen LogP contribution < -0.4 is 5.32 Å². The lowest BCUT2D eigenvalue weighted by Crippen LogP contribution is -2.66. The lowest BCUT2D eigenvalue weighted by atomic mass is 9.96. The van der Waals surface area contributed by atoms with Gasteiger partial charge in [-0.2, -0.15) is 0 Å². The molecule has 0 saturated carbocycles. The zero-order valence-corrected chi connectivity index (χ0v) is 17.8. The van der Waals surface area contributed by atoms with Gasteiger partial charge in [-0.05, 0) is 34.7 Å². The molecule has 0 aromatic heterocycles. The minimum atomic E-state index is -0.267. The molecule has 1 N–H and O–H groups in total. The summed E-state index contributed by atoms with van der Waals surface area (Å²) in [7, 11) is 3.80. The van der Waals surface area contributed by atoms with Crippen LogP contribution in [0.5, 0.6) is 0 Å². The number of nitrogens with one attached hydrogen (secondary N) is 1. The number of carbonyl (C=O) groups is 2. The summed E-state index contributed by atoms with van der Waals surface area (Å²) >= 11 is 0. The van der Waals surface area contributed by atoms with E-state index in [0.717, 1.165) is 26.2 Å². The molecule has 2 heterocycles. The number of hydrogen-bond acceptors (Lipinski definition) is 4. The molecular formula is C19H36N6O2. The van der Waals surface area contributed by atoms with E-state index in [9.17, 15) is 9.59 Å². The standard InChI is InChI=1S/C19H36N6O2/c1-15(2)25-17(27)13-24(14-19(25,3)4)18(20-5)21-8-7-16(26)23-11-9-22(6)10-12-23/h15H,7-14H2,1-6H3,(H,20,21). The molecule has 8 nitrogen and oxygen atoms in total. The van der Waals surface area contributed by atoms with Gasteiger partial charge in [0.1, 0.15) is 0 Å². The summed E-state index contributed by atoms with van der Waals surface area (Å²) in [6.45, 7) is 13.3. The highest BCUT2D eigenvalue weighted by molar-refractivity contribution is 5.88. The van der Waals surface area contributed by atoms with Gasteiger partial charge >= 0.3 is 0 Å². The first-order valence-electron chi connectivity index (χ1n) is 9.90. The molecule has 2 fully saturated rings. The van der Waals surface area contributed by atoms with Gasteiger partial charge < -0.3 is 24.9 Å². The van der Waals surface area contributed by atoms with E-state index in [2.05, 4.69) is 36.1 Å². The Morgan fingerprint density at radius 1 is 1.19 bits per heavy atom. The average Bonchev–Trinajstić information content (AvgIpc) is 2.57. The van der Waals surface area contributed by atoms with Crippen molar-refractivity contribution in [3.63, 3.8) is 0 Å². The van der Waals surface area contributed by atoms with Gasteiger partial charge in [-0.1, -0.05) is 0 Å². The van der Waals surface area contributed by atoms with E-state index in [0.29, 0.717) is 32.0 Å². The third-order valence-electron chi connectivity index (χ3n) is 5.33. The maximum absolute atomic E-state index is 12.6. The molecule has 2 saturated heterocycles. The van der Waals surface area contributed by atoms with Crippen molar-refractivity contribution in [3.8, 4) is 0 Å². The van der Waals surface area contributed by atoms with Gasteiger partial charge in [-0.3, -0.25) is 14.6 Å². The highest BCUT2D eigenvalue weighted by Gasteiger charge is 2.40. The van der Waals surface area contributed by atoms with Crippen LogP contribution in [-0.4, -0.2) is 109 Å². The number of carbonyl (C=O) groups excluding carboxylic acids is 2. The van der Waals surface area contributed by atoms with E-state index < -0.39 is 0 Å². The summed E-state index contributed by atoms with van der Waals surface area (Å²) in [5.41, 5.74) is -0.267. The minimum Gasteiger partial charge on any atom is -0.356 e. The van der Waals surface area contributed by atoms with Crippen LogP contribution in [0.1, 0.15) is 34.1 Å². The molecule has 2 amide bonds. The molecule has 0 spiro atoms. The lowest BCUT2D eigenvalue weighted by Gasteiger charge is -2.49. The first-order valence-corrected chi connectivity index (χ1v) is 9.90. The molecule has 2 rings (SSSR count). The highest BCUT2D eigenvalue weighted by atomic mass is 16.2. The molecule has 8 heteroatoms. The van der Waals surface area contributed by atoms with E-state index >= 15 is 0 Å². The zero-order chi connectivity index (χ0) is 20.2. The van der Waals surface area contributed by atoms with E-state index in [1.54, 1.807) is 7.05 Å². The van der Waals surface area contributed by atoms with Crippen LogP contribution >= 0.6 is 0 Å². The number of nitrogens with zero attached hydrogens (tertiary/aromatic N) is 5. The Morgan fingerprint density at radius 2 is 1.81 bits per heavy atom. The second-order valence-electron chi connectivity index (χ2n) is 8.43. The fourth-order valence-electron chi connectivity index (χ4n) is 4.14. The maximum Gasteiger partial charge on any atom is 0.242 e. The molecule has 0 bridgehead atoms. The Hall–Kier alpha value is -1.83. The summed E-state index contributed by atoms with van der Waals surface area (Å²) in [6, 6.07) is 0.172. The zero-order valence-electron chi connectivity index (χ0n) is 17.8. The molecule has 154 valence electrons. The van der Waals surface area contributed by atoms with Crippen molar-refractivity contribution in [1.29, 1.82) is 0 Å². The van der Waals surface area contributed by atoms with E-state index in [4.69, 9.17) is 0 Å². The Labute approximate surface area is 163 Å². The Kier molecular flexibility index (Phi) is 7.08. The molecule has 0 radical (unpaired) electrons. The van der Waals surface area contributed by atoms with Crippen LogP contribution in [0, 0.1) is 0 Å². The summed E-state index contributed by atoms with van der Waals surface area (Å²) in [6.07, 6.45) is 0.437. The Bertz CT molecular complexity index is 567. The number of aliphatic imine (C=N–C) groups is 1. The van der Waals surface area contributed by atoms with E-state index in [1.165, 1.54) is 0 Å².